The monoisotopic (exact) mass is 318 g/mol. The van der Waals surface area contributed by atoms with Gasteiger partial charge in [-0.1, -0.05) is 18.7 Å². The summed E-state index contributed by atoms with van der Waals surface area (Å²) in [5.74, 6) is 1.17. The molecule has 1 saturated heterocycles. The highest BCUT2D eigenvalue weighted by atomic mass is 32.2. The molecule has 0 atom stereocenters. The Hall–Kier alpha value is -1.09. The van der Waals surface area contributed by atoms with Crippen LogP contribution in [0.3, 0.4) is 0 Å². The molecule has 0 spiro atoms. The molecule has 1 aromatic rings. The topological polar surface area (TPSA) is 88.3 Å². The second-order valence-corrected chi connectivity index (χ2v) is 7.09. The molecule has 1 aromatic heterocycles. The summed E-state index contributed by atoms with van der Waals surface area (Å²) >= 11 is 1.18. The quantitative estimate of drug-likeness (QED) is 0.761. The summed E-state index contributed by atoms with van der Waals surface area (Å²) in [5.41, 5.74) is 0. The molecule has 0 saturated carbocycles. The number of nitrogens with zero attached hydrogens (tertiary/aromatic N) is 4. The first-order valence-electron chi connectivity index (χ1n) is 6.49. The van der Waals surface area contributed by atoms with Crippen LogP contribution in [0.2, 0.25) is 0 Å². The van der Waals surface area contributed by atoms with Crippen LogP contribution in [-0.2, 0) is 22.1 Å². The van der Waals surface area contributed by atoms with Crippen molar-refractivity contribution in [2.45, 2.75) is 25.0 Å². The number of aliphatic carboxylic acids is 1. The third-order valence-corrected chi connectivity index (χ3v) is 5.16. The largest absolute Gasteiger partial charge is 0.481 e. The summed E-state index contributed by atoms with van der Waals surface area (Å²) in [7, 11) is -0.730. The summed E-state index contributed by atoms with van der Waals surface area (Å²) in [4.78, 5) is 12.7. The first-order chi connectivity index (χ1) is 9.61. The van der Waals surface area contributed by atoms with E-state index in [1.807, 2.05) is 4.57 Å². The van der Waals surface area contributed by atoms with Gasteiger partial charge >= 0.3 is 5.97 Å². The van der Waals surface area contributed by atoms with E-state index in [0.29, 0.717) is 29.8 Å². The molecule has 20 heavy (non-hydrogen) atoms. The smallest absolute Gasteiger partial charge is 0.313 e. The zero-order valence-electron chi connectivity index (χ0n) is 11.3. The summed E-state index contributed by atoms with van der Waals surface area (Å²) in [6.07, 6.45) is 0.922. The van der Waals surface area contributed by atoms with Crippen molar-refractivity contribution in [1.29, 1.82) is 0 Å². The van der Waals surface area contributed by atoms with Crippen LogP contribution >= 0.6 is 11.8 Å². The van der Waals surface area contributed by atoms with Crippen LogP contribution in [0.15, 0.2) is 5.16 Å². The lowest BCUT2D eigenvalue weighted by Gasteiger charge is -2.27. The lowest BCUT2D eigenvalue weighted by molar-refractivity contribution is -0.133. The standard InChI is InChI=1S/C11H18N4O3S2/c1-2-3-15-10(14-4-6-20(18)7-5-14)12-13-11(15)19-8-9(16)17/h2-8H2,1H3,(H,16,17). The second kappa shape index (κ2) is 7.07. The molecule has 7 nitrogen and oxygen atoms in total. The highest BCUT2D eigenvalue weighted by molar-refractivity contribution is 7.99. The lowest BCUT2D eigenvalue weighted by Crippen LogP contribution is -2.39. The van der Waals surface area contributed by atoms with Crippen molar-refractivity contribution in [3.8, 4) is 0 Å². The van der Waals surface area contributed by atoms with Gasteiger partial charge in [-0.2, -0.15) is 0 Å². The van der Waals surface area contributed by atoms with Crippen molar-refractivity contribution in [1.82, 2.24) is 14.8 Å². The molecule has 0 radical (unpaired) electrons. The van der Waals surface area contributed by atoms with Gasteiger partial charge in [-0.25, -0.2) is 0 Å². The Morgan fingerprint density at radius 3 is 2.70 bits per heavy atom. The maximum atomic E-state index is 11.4. The van der Waals surface area contributed by atoms with Crippen LogP contribution in [-0.4, -0.2) is 60.4 Å². The van der Waals surface area contributed by atoms with Crippen LogP contribution in [0.1, 0.15) is 13.3 Å². The van der Waals surface area contributed by atoms with E-state index < -0.39 is 16.8 Å². The van der Waals surface area contributed by atoms with Crippen molar-refractivity contribution in [3.05, 3.63) is 0 Å². The van der Waals surface area contributed by atoms with Gasteiger partial charge in [0.15, 0.2) is 5.16 Å². The van der Waals surface area contributed by atoms with Crippen LogP contribution < -0.4 is 4.90 Å². The number of thioether (sulfide) groups is 1. The van der Waals surface area contributed by atoms with Gasteiger partial charge in [0.25, 0.3) is 0 Å². The Balaban J connectivity index is 2.15. The fourth-order valence-electron chi connectivity index (χ4n) is 2.01. The molecule has 1 fully saturated rings. The molecular weight excluding hydrogens is 300 g/mol. The maximum Gasteiger partial charge on any atom is 0.313 e. The van der Waals surface area contributed by atoms with Crippen LogP contribution in [0.25, 0.3) is 0 Å². The van der Waals surface area contributed by atoms with E-state index in [9.17, 15) is 9.00 Å². The van der Waals surface area contributed by atoms with Crippen molar-refractivity contribution in [3.63, 3.8) is 0 Å². The highest BCUT2D eigenvalue weighted by Crippen LogP contribution is 2.23. The molecule has 1 aliphatic heterocycles. The average molecular weight is 318 g/mol. The van der Waals surface area contributed by atoms with E-state index in [1.165, 1.54) is 11.8 Å². The van der Waals surface area contributed by atoms with Gasteiger partial charge in [0, 0.05) is 41.9 Å². The summed E-state index contributed by atoms with van der Waals surface area (Å²) in [5, 5.41) is 17.7. The molecule has 2 rings (SSSR count). The second-order valence-electron chi connectivity index (χ2n) is 4.45. The number of hydrogen-bond donors (Lipinski definition) is 1. The maximum absolute atomic E-state index is 11.4. The van der Waals surface area contributed by atoms with Crippen LogP contribution in [0.4, 0.5) is 5.95 Å². The molecule has 0 aromatic carbocycles. The average Bonchev–Trinajstić information content (AvgIpc) is 2.81. The van der Waals surface area contributed by atoms with Gasteiger partial charge < -0.3 is 10.0 Å². The third-order valence-electron chi connectivity index (χ3n) is 2.93. The summed E-state index contributed by atoms with van der Waals surface area (Å²) < 4.78 is 13.4. The number of carboxylic acid groups (broad SMARTS) is 1. The summed E-state index contributed by atoms with van der Waals surface area (Å²) in [6.45, 7) is 4.22. The van der Waals surface area contributed by atoms with Crippen LogP contribution in [0, 0.1) is 0 Å². The van der Waals surface area contributed by atoms with Gasteiger partial charge in [-0.15, -0.1) is 10.2 Å². The molecule has 1 aliphatic rings. The molecule has 0 bridgehead atoms. The third kappa shape index (κ3) is 3.72. The van der Waals surface area contributed by atoms with Gasteiger partial charge in [0.05, 0.1) is 5.75 Å². The molecule has 0 aliphatic carbocycles. The molecule has 0 unspecified atom stereocenters. The number of carbonyl (C=O) groups is 1. The number of rotatable bonds is 6. The predicted molar refractivity (Wildman–Crippen MR) is 78.8 cm³/mol. The predicted octanol–water partition coefficient (Wildman–Crippen LogP) is 0.433. The molecule has 1 N–H and O–H groups in total. The first kappa shape index (κ1) is 15.3. The normalized spacial score (nSPS) is 16.6. The Bertz CT molecular complexity index is 496. The van der Waals surface area contributed by atoms with Crippen molar-refractivity contribution < 1.29 is 14.1 Å². The van der Waals surface area contributed by atoms with Crippen molar-refractivity contribution >= 4 is 34.5 Å². The number of aromatic nitrogens is 3. The van der Waals surface area contributed by atoms with Gasteiger partial charge in [0.1, 0.15) is 0 Å². The molecule has 0 amide bonds. The minimum atomic E-state index is -0.865. The first-order valence-corrected chi connectivity index (χ1v) is 8.97. The number of hydrogen-bond acceptors (Lipinski definition) is 6. The highest BCUT2D eigenvalue weighted by Gasteiger charge is 2.22. The minimum Gasteiger partial charge on any atom is -0.481 e. The van der Waals surface area contributed by atoms with Crippen LogP contribution in [0.5, 0.6) is 0 Å². The zero-order chi connectivity index (χ0) is 14.5. The van der Waals surface area contributed by atoms with Gasteiger partial charge in [-0.05, 0) is 6.42 Å². The van der Waals surface area contributed by atoms with Gasteiger partial charge in [-0.3, -0.25) is 13.6 Å². The lowest BCUT2D eigenvalue weighted by atomic mass is 10.4. The van der Waals surface area contributed by atoms with E-state index >= 15 is 0 Å². The van der Waals surface area contributed by atoms with Crippen molar-refractivity contribution in [2.24, 2.45) is 0 Å². The zero-order valence-corrected chi connectivity index (χ0v) is 13.0. The van der Waals surface area contributed by atoms with E-state index in [1.54, 1.807) is 0 Å². The van der Waals surface area contributed by atoms with E-state index in [-0.39, 0.29) is 5.75 Å². The Morgan fingerprint density at radius 1 is 1.40 bits per heavy atom. The molecule has 112 valence electrons. The Morgan fingerprint density at radius 2 is 2.10 bits per heavy atom. The molecule has 2 heterocycles. The van der Waals surface area contributed by atoms with E-state index in [0.717, 1.165) is 18.9 Å². The Kier molecular flexibility index (Phi) is 5.41. The fraction of sp³-hybridized carbons (Fsp3) is 0.727. The summed E-state index contributed by atoms with van der Waals surface area (Å²) in [6, 6.07) is 0. The SMILES string of the molecule is CCCn1c(SCC(=O)O)nnc1N1CCS(=O)CC1. The number of carboxylic acids is 1. The molecular formula is C11H18N4O3S2. The molecule has 9 heteroatoms. The Labute approximate surface area is 124 Å². The minimum absolute atomic E-state index is 0.0220. The number of anilines is 1. The fourth-order valence-corrected chi connectivity index (χ4v) is 3.74. The van der Waals surface area contributed by atoms with E-state index in [2.05, 4.69) is 22.0 Å². The van der Waals surface area contributed by atoms with Crippen molar-refractivity contribution in [2.75, 3.05) is 35.2 Å². The van der Waals surface area contributed by atoms with E-state index in [4.69, 9.17) is 5.11 Å². The van der Waals surface area contributed by atoms with Gasteiger partial charge in [0.2, 0.25) is 5.95 Å².